The third-order valence-corrected chi connectivity index (χ3v) is 8.53. The lowest BCUT2D eigenvalue weighted by Crippen LogP contribution is -2.51. The zero-order valence-electron chi connectivity index (χ0n) is 19.5. The highest BCUT2D eigenvalue weighted by molar-refractivity contribution is 7.89. The summed E-state index contributed by atoms with van der Waals surface area (Å²) in [6, 6.07) is 16.6. The molecule has 0 bridgehead atoms. The highest BCUT2D eigenvalue weighted by Gasteiger charge is 2.35. The second kappa shape index (κ2) is 10.3. The third kappa shape index (κ3) is 5.32. The van der Waals surface area contributed by atoms with Crippen molar-refractivity contribution in [2.24, 2.45) is 5.92 Å². The summed E-state index contributed by atoms with van der Waals surface area (Å²) in [6.45, 7) is 2.23. The average Bonchev–Trinajstić information content (AvgIpc) is 3.44. The van der Waals surface area contributed by atoms with Gasteiger partial charge in [-0.15, -0.1) is 0 Å². The van der Waals surface area contributed by atoms with E-state index in [1.54, 1.807) is 30.5 Å². The van der Waals surface area contributed by atoms with Crippen molar-refractivity contribution in [1.82, 2.24) is 19.9 Å². The number of hydrogen-bond donors (Lipinski definition) is 2. The fourth-order valence-corrected chi connectivity index (χ4v) is 6.38. The zero-order chi connectivity index (χ0) is 24.3. The van der Waals surface area contributed by atoms with Crippen molar-refractivity contribution in [3.05, 3.63) is 72.8 Å². The Morgan fingerprint density at radius 1 is 1.03 bits per heavy atom. The molecule has 0 unspecified atom stereocenters. The number of aromatic nitrogens is 1. The Labute approximate surface area is 205 Å². The number of amides is 1. The lowest BCUT2D eigenvalue weighted by Gasteiger charge is -2.40. The lowest BCUT2D eigenvalue weighted by atomic mass is 9.85. The minimum absolute atomic E-state index is 0.0357. The van der Waals surface area contributed by atoms with Gasteiger partial charge in [0.25, 0.3) is 0 Å². The summed E-state index contributed by atoms with van der Waals surface area (Å²) in [6.07, 6.45) is 5.59. The fraction of sp³-hybridized carbons (Fsp3) is 0.385. The second-order valence-corrected chi connectivity index (χ2v) is 10.9. The number of rotatable bonds is 6. The summed E-state index contributed by atoms with van der Waals surface area (Å²) in [5, 5.41) is 3.40. The molecule has 8 nitrogen and oxygen atoms in total. The molecule has 2 aromatic carbocycles. The van der Waals surface area contributed by atoms with Gasteiger partial charge in [-0.25, -0.2) is 18.1 Å². The molecule has 2 fully saturated rings. The fourth-order valence-electron chi connectivity index (χ4n) is 5.08. The lowest BCUT2D eigenvalue weighted by molar-refractivity contribution is -0.140. The standard InChI is InChI=1S/C26H30N4O4S/c31-26(30-15-14-27-16-24(30)19-4-2-1-3-5-19)21-6-10-22(11-7-21)29-35(32,33)23-12-8-20(9-13-23)25-17-28-18-34-25/h1-5,8-9,12-13,17-18,21-22,24,27,29H,6-7,10-11,14-16H2/t21-,22-,24-/m1/s1. The first-order chi connectivity index (χ1) is 17.0. The van der Waals surface area contributed by atoms with Crippen LogP contribution < -0.4 is 10.0 Å². The van der Waals surface area contributed by atoms with E-state index in [9.17, 15) is 13.2 Å². The number of benzene rings is 2. The van der Waals surface area contributed by atoms with Gasteiger partial charge in [0.2, 0.25) is 15.9 Å². The molecule has 1 amide bonds. The van der Waals surface area contributed by atoms with Crippen LogP contribution in [0.4, 0.5) is 0 Å². The molecule has 0 radical (unpaired) electrons. The molecule has 1 saturated carbocycles. The van der Waals surface area contributed by atoms with Crippen molar-refractivity contribution >= 4 is 15.9 Å². The average molecular weight is 495 g/mol. The molecular formula is C26H30N4O4S. The van der Waals surface area contributed by atoms with Crippen LogP contribution in [0.1, 0.15) is 37.3 Å². The maximum Gasteiger partial charge on any atom is 0.240 e. The van der Waals surface area contributed by atoms with Gasteiger partial charge in [0.15, 0.2) is 12.2 Å². The topological polar surface area (TPSA) is 105 Å². The molecule has 2 heterocycles. The smallest absolute Gasteiger partial charge is 0.240 e. The molecule has 9 heteroatoms. The molecule has 2 N–H and O–H groups in total. The highest BCUT2D eigenvalue weighted by Crippen LogP contribution is 2.31. The van der Waals surface area contributed by atoms with Crippen LogP contribution in [0, 0.1) is 5.92 Å². The number of nitrogens with one attached hydrogen (secondary N) is 2. The van der Waals surface area contributed by atoms with E-state index in [0.717, 1.165) is 24.2 Å². The Bertz CT molecular complexity index is 1220. The highest BCUT2D eigenvalue weighted by atomic mass is 32.2. The van der Waals surface area contributed by atoms with Crippen LogP contribution in [0.5, 0.6) is 0 Å². The van der Waals surface area contributed by atoms with E-state index in [-0.39, 0.29) is 28.8 Å². The summed E-state index contributed by atoms with van der Waals surface area (Å²) >= 11 is 0. The van der Waals surface area contributed by atoms with Crippen LogP contribution in [-0.4, -0.2) is 49.9 Å². The van der Waals surface area contributed by atoms with E-state index < -0.39 is 10.0 Å². The first-order valence-electron chi connectivity index (χ1n) is 12.1. The molecule has 1 saturated heterocycles. The van der Waals surface area contributed by atoms with Gasteiger partial charge in [-0.05, 0) is 55.5 Å². The second-order valence-electron chi connectivity index (χ2n) is 9.22. The number of hydrogen-bond acceptors (Lipinski definition) is 6. The maximum absolute atomic E-state index is 13.4. The van der Waals surface area contributed by atoms with Crippen molar-refractivity contribution in [2.75, 3.05) is 19.6 Å². The summed E-state index contributed by atoms with van der Waals surface area (Å²) in [7, 11) is -3.65. The van der Waals surface area contributed by atoms with Crippen molar-refractivity contribution in [1.29, 1.82) is 0 Å². The molecule has 3 aromatic rings. The molecular weight excluding hydrogens is 464 g/mol. The van der Waals surface area contributed by atoms with Crippen LogP contribution in [0.25, 0.3) is 11.3 Å². The number of carbonyl (C=O) groups excluding carboxylic acids is 1. The van der Waals surface area contributed by atoms with Gasteiger partial charge in [0.05, 0.1) is 17.1 Å². The normalized spacial score (nSPS) is 23.2. The van der Waals surface area contributed by atoms with Crippen LogP contribution in [0.15, 0.2) is 76.5 Å². The SMILES string of the molecule is O=C([C@H]1CC[C@H](NS(=O)(=O)c2ccc(-c3cnco3)cc2)CC1)N1CCNC[C@@H]1c1ccccc1. The molecule has 5 rings (SSSR count). The summed E-state index contributed by atoms with van der Waals surface area (Å²) in [5.41, 5.74) is 1.91. The quantitative estimate of drug-likeness (QED) is 0.545. The first-order valence-corrected chi connectivity index (χ1v) is 13.6. The molecule has 2 aliphatic rings. The number of nitrogens with zero attached hydrogens (tertiary/aromatic N) is 2. The van der Waals surface area contributed by atoms with E-state index in [1.165, 1.54) is 6.39 Å². The van der Waals surface area contributed by atoms with E-state index in [1.807, 2.05) is 23.1 Å². The first kappa shape index (κ1) is 23.7. The van der Waals surface area contributed by atoms with Crippen molar-refractivity contribution in [3.8, 4) is 11.3 Å². The molecule has 1 atom stereocenters. The van der Waals surface area contributed by atoms with Crippen molar-refractivity contribution in [3.63, 3.8) is 0 Å². The molecule has 35 heavy (non-hydrogen) atoms. The largest absolute Gasteiger partial charge is 0.444 e. The van der Waals surface area contributed by atoms with Gasteiger partial charge < -0.3 is 14.6 Å². The summed E-state index contributed by atoms with van der Waals surface area (Å²) in [4.78, 5) is 19.5. The monoisotopic (exact) mass is 494 g/mol. The minimum atomic E-state index is -3.65. The van der Waals surface area contributed by atoms with Gasteiger partial charge in [-0.3, -0.25) is 4.79 Å². The van der Waals surface area contributed by atoms with E-state index >= 15 is 0 Å². The predicted molar refractivity (Wildman–Crippen MR) is 132 cm³/mol. The molecule has 1 aliphatic heterocycles. The maximum atomic E-state index is 13.4. The van der Waals surface area contributed by atoms with Crippen LogP contribution in [0.3, 0.4) is 0 Å². The van der Waals surface area contributed by atoms with Gasteiger partial charge in [0.1, 0.15) is 0 Å². The Kier molecular flexibility index (Phi) is 6.99. The molecule has 1 aliphatic carbocycles. The predicted octanol–water partition coefficient (Wildman–Crippen LogP) is 3.35. The number of carbonyl (C=O) groups is 1. The van der Waals surface area contributed by atoms with Crippen molar-refractivity contribution in [2.45, 2.75) is 42.7 Å². The van der Waals surface area contributed by atoms with E-state index in [0.29, 0.717) is 38.0 Å². The van der Waals surface area contributed by atoms with Crippen LogP contribution in [0.2, 0.25) is 0 Å². The number of sulfonamides is 1. The Balaban J connectivity index is 1.19. The van der Waals surface area contributed by atoms with Crippen LogP contribution in [-0.2, 0) is 14.8 Å². The van der Waals surface area contributed by atoms with Gasteiger partial charge >= 0.3 is 0 Å². The van der Waals surface area contributed by atoms with Gasteiger partial charge in [-0.1, -0.05) is 30.3 Å². The molecule has 0 spiro atoms. The number of oxazole rings is 1. The Hall–Kier alpha value is -3.01. The minimum Gasteiger partial charge on any atom is -0.444 e. The van der Waals surface area contributed by atoms with Crippen LogP contribution >= 0.6 is 0 Å². The van der Waals surface area contributed by atoms with Gasteiger partial charge in [-0.2, -0.15) is 0 Å². The zero-order valence-corrected chi connectivity index (χ0v) is 20.3. The molecule has 1 aromatic heterocycles. The Morgan fingerprint density at radius 3 is 2.46 bits per heavy atom. The van der Waals surface area contributed by atoms with E-state index in [4.69, 9.17) is 4.42 Å². The third-order valence-electron chi connectivity index (χ3n) is 6.99. The number of piperazine rings is 1. The van der Waals surface area contributed by atoms with Gasteiger partial charge in [0, 0.05) is 37.2 Å². The summed E-state index contributed by atoms with van der Waals surface area (Å²) < 4.78 is 34.0. The Morgan fingerprint density at radius 2 is 1.77 bits per heavy atom. The van der Waals surface area contributed by atoms with E-state index in [2.05, 4.69) is 27.2 Å². The summed E-state index contributed by atoms with van der Waals surface area (Å²) in [5.74, 6) is 0.704. The van der Waals surface area contributed by atoms with Crippen molar-refractivity contribution < 1.29 is 17.6 Å². The molecule has 184 valence electrons.